The number of halogens is 3. The van der Waals surface area contributed by atoms with Crippen molar-refractivity contribution < 1.29 is 13.5 Å². The Morgan fingerprint density at radius 2 is 1.70 bits per heavy atom. The van der Waals surface area contributed by atoms with Crippen LogP contribution in [0, 0.1) is 11.6 Å². The molecule has 5 heterocycles. The summed E-state index contributed by atoms with van der Waals surface area (Å²) in [6.45, 7) is 3.70. The lowest BCUT2D eigenvalue weighted by molar-refractivity contribution is 0.0214. The summed E-state index contributed by atoms with van der Waals surface area (Å²) < 4.78 is 38.5. The summed E-state index contributed by atoms with van der Waals surface area (Å²) in [5.74, 6) is -0.419. The summed E-state index contributed by atoms with van der Waals surface area (Å²) in [6.07, 6.45) is 10.1. The monoisotopic (exact) mass is 639 g/mol. The number of piperazine rings is 1. The lowest BCUT2D eigenvalue weighted by atomic mass is 9.90. The lowest BCUT2D eigenvalue weighted by Crippen LogP contribution is -2.51. The van der Waals surface area contributed by atoms with Crippen LogP contribution in [-0.2, 0) is 0 Å². The van der Waals surface area contributed by atoms with Gasteiger partial charge in [0.2, 0.25) is 0 Å². The zero-order chi connectivity index (χ0) is 29.9. The fourth-order valence-electron chi connectivity index (χ4n) is 7.88. The molecule has 0 radical (unpaired) electrons. The number of nitrogen functional groups attached to an aromatic ring is 1. The summed E-state index contributed by atoms with van der Waals surface area (Å²) in [7, 11) is 0. The van der Waals surface area contributed by atoms with Crippen molar-refractivity contribution in [1.82, 2.24) is 25.2 Å². The second-order valence-corrected chi connectivity index (χ2v) is 14.2. The number of piperidine rings is 1. The number of likely N-dealkylation sites (tertiary alicyclic amines) is 1. The van der Waals surface area contributed by atoms with Crippen molar-refractivity contribution in [3.63, 3.8) is 0 Å². The molecule has 2 aromatic heterocycles. The molecule has 1 saturated carbocycles. The molecule has 2 bridgehead atoms. The van der Waals surface area contributed by atoms with Gasteiger partial charge in [-0.2, -0.15) is 9.97 Å². The van der Waals surface area contributed by atoms with Gasteiger partial charge in [-0.05, 0) is 76.2 Å². The maximum atomic E-state index is 16.9. The van der Waals surface area contributed by atoms with Gasteiger partial charge in [-0.15, -0.1) is 0 Å². The molecular weight excluding hydrogens is 604 g/mol. The van der Waals surface area contributed by atoms with E-state index in [2.05, 4.69) is 20.1 Å². The Hall–Kier alpha value is -2.86. The second kappa shape index (κ2) is 11.5. The molecule has 2 aromatic carbocycles. The number of nitrogens with zero attached hydrogens (tertiary/aromatic N) is 5. The number of fused-ring (bicyclic) bond motifs is 4. The van der Waals surface area contributed by atoms with Gasteiger partial charge in [0.25, 0.3) is 0 Å². The molecule has 4 atom stereocenters. The van der Waals surface area contributed by atoms with Gasteiger partial charge in [-0.3, -0.25) is 4.90 Å². The van der Waals surface area contributed by atoms with E-state index in [1.54, 1.807) is 6.07 Å². The number of anilines is 2. The van der Waals surface area contributed by atoms with Crippen molar-refractivity contribution in [1.29, 1.82) is 0 Å². The van der Waals surface area contributed by atoms with Crippen LogP contribution >= 0.6 is 22.9 Å². The molecule has 4 unspecified atom stereocenters. The van der Waals surface area contributed by atoms with Crippen molar-refractivity contribution >= 4 is 55.0 Å². The number of benzene rings is 2. The molecule has 4 aliphatic rings. The third-order valence-corrected chi connectivity index (χ3v) is 11.1. The van der Waals surface area contributed by atoms with Gasteiger partial charge in [-0.25, -0.2) is 13.8 Å². The highest BCUT2D eigenvalue weighted by atomic mass is 35.5. The molecule has 3 saturated heterocycles. The standard InChI is InChI=1S/C32H36ClF2N7OS/c33-21-14-20-27(26(35)25(21)19-10-11-22(34)29-28(19)38-31(36)44-29)39-32(40-30(20)42-15-17-8-9-18(16-42)37-17)43-24-7-3-2-6-23(24)41-12-4-1-5-13-41/h10-11,14,17-18,23-24,37H,1-9,12-13,15-16H2,(H2,36,38). The van der Waals surface area contributed by atoms with Crippen molar-refractivity contribution in [2.45, 2.75) is 82.0 Å². The van der Waals surface area contributed by atoms with Crippen LogP contribution in [0.1, 0.15) is 57.8 Å². The summed E-state index contributed by atoms with van der Waals surface area (Å²) in [5.41, 5.74) is 6.85. The number of nitrogens with one attached hydrogen (secondary N) is 1. The Labute approximate surface area is 263 Å². The maximum Gasteiger partial charge on any atom is 0.319 e. The van der Waals surface area contributed by atoms with Gasteiger partial charge in [0.05, 0.1) is 15.2 Å². The first kappa shape index (κ1) is 28.6. The van der Waals surface area contributed by atoms with Gasteiger partial charge in [0, 0.05) is 47.7 Å². The Balaban J connectivity index is 1.26. The van der Waals surface area contributed by atoms with E-state index in [0.29, 0.717) is 34.9 Å². The molecule has 8 nitrogen and oxygen atoms in total. The maximum absolute atomic E-state index is 16.9. The molecule has 232 valence electrons. The molecule has 4 fully saturated rings. The smallest absolute Gasteiger partial charge is 0.319 e. The predicted molar refractivity (Wildman–Crippen MR) is 172 cm³/mol. The van der Waals surface area contributed by atoms with Crippen LogP contribution in [0.4, 0.5) is 19.7 Å². The van der Waals surface area contributed by atoms with Crippen molar-refractivity contribution in [2.75, 3.05) is 36.8 Å². The number of hydrogen-bond acceptors (Lipinski definition) is 9. The first-order valence-electron chi connectivity index (χ1n) is 15.9. The van der Waals surface area contributed by atoms with Crippen LogP contribution in [0.3, 0.4) is 0 Å². The summed E-state index contributed by atoms with van der Waals surface area (Å²) in [5, 5.41) is 4.59. The summed E-state index contributed by atoms with van der Waals surface area (Å²) >= 11 is 7.89. The molecule has 1 aliphatic carbocycles. The number of thiazole rings is 1. The van der Waals surface area contributed by atoms with Gasteiger partial charge in [-0.1, -0.05) is 35.8 Å². The fraction of sp³-hybridized carbons (Fsp3) is 0.531. The van der Waals surface area contributed by atoms with Crippen LogP contribution in [-0.4, -0.2) is 70.3 Å². The molecule has 4 aromatic rings. The Morgan fingerprint density at radius 1 is 0.932 bits per heavy atom. The second-order valence-electron chi connectivity index (χ2n) is 12.7. The SMILES string of the molecule is Nc1nc2c(-c3c(Cl)cc4c(N5CC6CCC(C5)N6)nc(OC5CCCCC5N5CCCCC5)nc4c3F)ccc(F)c2s1. The Bertz CT molecular complexity index is 1720. The number of nitrogens with two attached hydrogens (primary N) is 1. The number of ether oxygens (including phenoxy) is 1. The fourth-order valence-corrected chi connectivity index (χ4v) is 8.94. The minimum atomic E-state index is -0.602. The molecule has 12 heteroatoms. The largest absolute Gasteiger partial charge is 0.458 e. The molecule has 8 rings (SSSR count). The normalized spacial score (nSPS) is 26.1. The van der Waals surface area contributed by atoms with Crippen LogP contribution < -0.4 is 20.7 Å². The average Bonchev–Trinajstić information content (AvgIpc) is 3.60. The lowest BCUT2D eigenvalue weighted by Gasteiger charge is -2.41. The highest BCUT2D eigenvalue weighted by Crippen LogP contribution is 2.43. The van der Waals surface area contributed by atoms with Crippen molar-refractivity contribution in [2.24, 2.45) is 0 Å². The van der Waals surface area contributed by atoms with Gasteiger partial charge < -0.3 is 20.7 Å². The molecular formula is C32H36ClF2N7OS. The number of aromatic nitrogens is 3. The van der Waals surface area contributed by atoms with Crippen LogP contribution in [0.15, 0.2) is 18.2 Å². The Morgan fingerprint density at radius 3 is 2.50 bits per heavy atom. The third kappa shape index (κ3) is 5.05. The first-order chi connectivity index (χ1) is 21.4. The number of rotatable bonds is 5. The van der Waals surface area contributed by atoms with Crippen LogP contribution in [0.5, 0.6) is 6.01 Å². The predicted octanol–water partition coefficient (Wildman–Crippen LogP) is 6.54. The van der Waals surface area contributed by atoms with E-state index in [1.807, 2.05) is 0 Å². The highest BCUT2D eigenvalue weighted by molar-refractivity contribution is 7.22. The molecule has 0 spiro atoms. The third-order valence-electron chi connectivity index (χ3n) is 9.92. The Kier molecular flexibility index (Phi) is 7.47. The van der Waals surface area contributed by atoms with E-state index >= 15 is 4.39 Å². The summed E-state index contributed by atoms with van der Waals surface area (Å²) in [6, 6.07) is 5.75. The minimum Gasteiger partial charge on any atom is -0.458 e. The molecule has 3 aliphatic heterocycles. The van der Waals surface area contributed by atoms with Gasteiger partial charge in [0.15, 0.2) is 10.9 Å². The topological polar surface area (TPSA) is 92.4 Å². The van der Waals surface area contributed by atoms with Crippen LogP contribution in [0.2, 0.25) is 5.02 Å². The van der Waals surface area contributed by atoms with Gasteiger partial charge >= 0.3 is 6.01 Å². The van der Waals surface area contributed by atoms with E-state index < -0.39 is 11.6 Å². The first-order valence-corrected chi connectivity index (χ1v) is 17.1. The van der Waals surface area contributed by atoms with Crippen molar-refractivity contribution in [3.05, 3.63) is 34.9 Å². The molecule has 44 heavy (non-hydrogen) atoms. The molecule has 3 N–H and O–H groups in total. The molecule has 0 amide bonds. The zero-order valence-corrected chi connectivity index (χ0v) is 26.1. The quantitative estimate of drug-likeness (QED) is 0.255. The van der Waals surface area contributed by atoms with E-state index in [-0.39, 0.29) is 43.6 Å². The highest BCUT2D eigenvalue weighted by Gasteiger charge is 2.36. The zero-order valence-electron chi connectivity index (χ0n) is 24.5. The van der Waals surface area contributed by atoms with E-state index in [4.69, 9.17) is 32.0 Å². The average molecular weight is 640 g/mol. The van der Waals surface area contributed by atoms with Crippen molar-refractivity contribution in [3.8, 4) is 17.1 Å². The van der Waals surface area contributed by atoms with E-state index in [1.165, 1.54) is 37.8 Å². The number of hydrogen-bond donors (Lipinski definition) is 2. The van der Waals surface area contributed by atoms with E-state index in [9.17, 15) is 4.39 Å². The van der Waals surface area contributed by atoms with Gasteiger partial charge in [0.1, 0.15) is 23.3 Å². The minimum absolute atomic E-state index is 0.0594. The summed E-state index contributed by atoms with van der Waals surface area (Å²) in [4.78, 5) is 18.9. The van der Waals surface area contributed by atoms with Crippen LogP contribution in [0.25, 0.3) is 32.2 Å². The van der Waals surface area contributed by atoms with E-state index in [0.717, 1.165) is 69.6 Å².